The van der Waals surface area contributed by atoms with E-state index in [0.717, 1.165) is 5.56 Å². The van der Waals surface area contributed by atoms with Gasteiger partial charge in [-0.15, -0.1) is 0 Å². The third-order valence-electron chi connectivity index (χ3n) is 3.03. The summed E-state index contributed by atoms with van der Waals surface area (Å²) in [6, 6.07) is 3.81. The van der Waals surface area contributed by atoms with Gasteiger partial charge in [0.2, 0.25) is 11.8 Å². The highest BCUT2D eigenvalue weighted by molar-refractivity contribution is 6.30. The Bertz CT molecular complexity index is 521. The van der Waals surface area contributed by atoms with E-state index in [1.807, 2.05) is 0 Å². The summed E-state index contributed by atoms with van der Waals surface area (Å²) in [5.41, 5.74) is 0.737. The molecule has 0 radical (unpaired) electrons. The number of rotatable bonds is 2. The van der Waals surface area contributed by atoms with E-state index in [4.69, 9.17) is 11.6 Å². The largest absolute Gasteiger partial charge is 0.345 e. The average Bonchev–Trinajstić information content (AvgIpc) is 2.47. The van der Waals surface area contributed by atoms with E-state index in [9.17, 15) is 14.0 Å². The lowest BCUT2D eigenvalue weighted by atomic mass is 10.2. The SMILES string of the molecule is CC1NC(=O)CCN(Cc2ccc(F)c(Cl)c2)C1=O. The second-order valence-corrected chi connectivity index (χ2v) is 4.95. The van der Waals surface area contributed by atoms with Gasteiger partial charge < -0.3 is 10.2 Å². The van der Waals surface area contributed by atoms with E-state index in [2.05, 4.69) is 5.32 Å². The molecule has 0 aliphatic carbocycles. The summed E-state index contributed by atoms with van der Waals surface area (Å²) in [7, 11) is 0. The zero-order valence-corrected chi connectivity index (χ0v) is 11.2. The summed E-state index contributed by atoms with van der Waals surface area (Å²) >= 11 is 5.71. The van der Waals surface area contributed by atoms with Crippen LogP contribution in [0.15, 0.2) is 18.2 Å². The minimum atomic E-state index is -0.536. The second kappa shape index (κ2) is 5.57. The monoisotopic (exact) mass is 284 g/mol. The first-order valence-electron chi connectivity index (χ1n) is 5.99. The van der Waals surface area contributed by atoms with Gasteiger partial charge in [0.05, 0.1) is 5.02 Å². The van der Waals surface area contributed by atoms with Gasteiger partial charge in [0.15, 0.2) is 0 Å². The van der Waals surface area contributed by atoms with E-state index in [1.54, 1.807) is 17.9 Å². The molecule has 0 saturated carbocycles. The Morgan fingerprint density at radius 2 is 2.21 bits per heavy atom. The number of benzene rings is 1. The Kier molecular flexibility index (Phi) is 4.04. The maximum Gasteiger partial charge on any atom is 0.245 e. The van der Waals surface area contributed by atoms with Crippen LogP contribution in [0.2, 0.25) is 5.02 Å². The minimum absolute atomic E-state index is 0.0296. The average molecular weight is 285 g/mol. The van der Waals surface area contributed by atoms with Crippen molar-refractivity contribution in [1.82, 2.24) is 10.2 Å². The number of hydrogen-bond donors (Lipinski definition) is 1. The number of nitrogens with zero attached hydrogens (tertiary/aromatic N) is 1. The molecule has 4 nitrogen and oxygen atoms in total. The fraction of sp³-hybridized carbons (Fsp3) is 0.385. The molecule has 1 atom stereocenters. The summed E-state index contributed by atoms with van der Waals surface area (Å²) < 4.78 is 13.1. The molecular formula is C13H14ClFN2O2. The first kappa shape index (κ1) is 13.8. The normalized spacial score (nSPS) is 20.2. The van der Waals surface area contributed by atoms with Gasteiger partial charge in [0.25, 0.3) is 0 Å². The third-order valence-corrected chi connectivity index (χ3v) is 3.32. The lowest BCUT2D eigenvalue weighted by molar-refractivity contribution is -0.133. The summed E-state index contributed by atoms with van der Waals surface area (Å²) in [4.78, 5) is 25.0. The van der Waals surface area contributed by atoms with Crippen molar-refractivity contribution >= 4 is 23.4 Å². The van der Waals surface area contributed by atoms with Crippen LogP contribution in [-0.2, 0) is 16.1 Å². The van der Waals surface area contributed by atoms with Gasteiger partial charge in [-0.3, -0.25) is 9.59 Å². The quantitative estimate of drug-likeness (QED) is 0.899. The molecule has 1 aromatic carbocycles. The van der Waals surface area contributed by atoms with Crippen LogP contribution in [0.4, 0.5) is 4.39 Å². The Hall–Kier alpha value is -1.62. The van der Waals surface area contributed by atoms with Gasteiger partial charge in [-0.1, -0.05) is 17.7 Å². The number of halogens is 2. The molecule has 1 aliphatic rings. The molecular weight excluding hydrogens is 271 g/mol. The number of hydrogen-bond acceptors (Lipinski definition) is 2. The fourth-order valence-corrected chi connectivity index (χ4v) is 2.21. The van der Waals surface area contributed by atoms with Crippen LogP contribution >= 0.6 is 11.6 Å². The summed E-state index contributed by atoms with van der Waals surface area (Å²) in [6.45, 7) is 2.32. The van der Waals surface area contributed by atoms with Crippen LogP contribution in [-0.4, -0.2) is 29.3 Å². The van der Waals surface area contributed by atoms with E-state index in [-0.39, 0.29) is 23.3 Å². The van der Waals surface area contributed by atoms with Crippen molar-refractivity contribution in [1.29, 1.82) is 0 Å². The smallest absolute Gasteiger partial charge is 0.245 e. The minimum Gasteiger partial charge on any atom is -0.345 e. The molecule has 2 amide bonds. The van der Waals surface area contributed by atoms with Gasteiger partial charge >= 0.3 is 0 Å². The molecule has 1 unspecified atom stereocenters. The summed E-state index contributed by atoms with van der Waals surface area (Å²) in [5.74, 6) is -0.774. The van der Waals surface area contributed by atoms with Crippen molar-refractivity contribution in [3.05, 3.63) is 34.6 Å². The van der Waals surface area contributed by atoms with Gasteiger partial charge in [-0.25, -0.2) is 4.39 Å². The van der Waals surface area contributed by atoms with Crippen molar-refractivity contribution in [3.8, 4) is 0 Å². The molecule has 19 heavy (non-hydrogen) atoms. The molecule has 0 bridgehead atoms. The molecule has 1 aliphatic heterocycles. The number of carbonyl (C=O) groups excluding carboxylic acids is 2. The molecule has 0 aromatic heterocycles. The molecule has 1 fully saturated rings. The van der Waals surface area contributed by atoms with Crippen LogP contribution in [0, 0.1) is 5.82 Å². The first-order valence-corrected chi connectivity index (χ1v) is 6.37. The lowest BCUT2D eigenvalue weighted by Gasteiger charge is -2.22. The highest BCUT2D eigenvalue weighted by Gasteiger charge is 2.26. The number of carbonyl (C=O) groups is 2. The van der Waals surface area contributed by atoms with Crippen LogP contribution in [0.5, 0.6) is 0 Å². The predicted octanol–water partition coefficient (Wildman–Crippen LogP) is 1.72. The van der Waals surface area contributed by atoms with Gasteiger partial charge in [0, 0.05) is 19.5 Å². The van der Waals surface area contributed by atoms with Crippen molar-refractivity contribution in [2.75, 3.05) is 6.54 Å². The van der Waals surface area contributed by atoms with Gasteiger partial charge in [-0.05, 0) is 24.6 Å². The van der Waals surface area contributed by atoms with Crippen LogP contribution in [0.25, 0.3) is 0 Å². The number of amides is 2. The van der Waals surface area contributed by atoms with E-state index in [0.29, 0.717) is 13.1 Å². The van der Waals surface area contributed by atoms with Crippen LogP contribution in [0.1, 0.15) is 18.9 Å². The highest BCUT2D eigenvalue weighted by Crippen LogP contribution is 2.18. The second-order valence-electron chi connectivity index (χ2n) is 4.55. The maximum atomic E-state index is 13.1. The Balaban J connectivity index is 2.14. The molecule has 1 heterocycles. The number of nitrogens with one attached hydrogen (secondary N) is 1. The molecule has 0 spiro atoms. The van der Waals surface area contributed by atoms with Crippen molar-refractivity contribution in [3.63, 3.8) is 0 Å². The molecule has 102 valence electrons. The van der Waals surface area contributed by atoms with Crippen LogP contribution < -0.4 is 5.32 Å². The maximum absolute atomic E-state index is 13.1. The predicted molar refractivity (Wildman–Crippen MR) is 69.0 cm³/mol. The topological polar surface area (TPSA) is 49.4 Å². The zero-order valence-electron chi connectivity index (χ0n) is 10.5. The molecule has 2 rings (SSSR count). The molecule has 1 aromatic rings. The molecule has 1 saturated heterocycles. The zero-order chi connectivity index (χ0) is 14.0. The van der Waals surface area contributed by atoms with Crippen LogP contribution in [0.3, 0.4) is 0 Å². The summed E-state index contributed by atoms with van der Waals surface area (Å²) in [6.07, 6.45) is 0.269. The Morgan fingerprint density at radius 3 is 2.89 bits per heavy atom. The Labute approximate surface area is 115 Å². The van der Waals surface area contributed by atoms with Gasteiger partial charge in [0.1, 0.15) is 11.9 Å². The van der Waals surface area contributed by atoms with E-state index < -0.39 is 11.9 Å². The Morgan fingerprint density at radius 1 is 1.47 bits per heavy atom. The van der Waals surface area contributed by atoms with Crippen molar-refractivity contribution < 1.29 is 14.0 Å². The lowest BCUT2D eigenvalue weighted by Crippen LogP contribution is -2.42. The van der Waals surface area contributed by atoms with Gasteiger partial charge in [-0.2, -0.15) is 0 Å². The fourth-order valence-electron chi connectivity index (χ4n) is 2.01. The molecule has 6 heteroatoms. The van der Waals surface area contributed by atoms with Crippen molar-refractivity contribution in [2.24, 2.45) is 0 Å². The van der Waals surface area contributed by atoms with E-state index in [1.165, 1.54) is 12.1 Å². The standard InChI is InChI=1S/C13H14ClFN2O2/c1-8-13(19)17(5-4-12(18)16-8)7-9-2-3-11(15)10(14)6-9/h2-3,6,8H,4-5,7H2,1H3,(H,16,18). The molecule has 1 N–H and O–H groups in total. The summed E-state index contributed by atoms with van der Waals surface area (Å²) in [5, 5.41) is 2.64. The highest BCUT2D eigenvalue weighted by atomic mass is 35.5. The van der Waals surface area contributed by atoms with Crippen molar-refractivity contribution in [2.45, 2.75) is 25.9 Å². The van der Waals surface area contributed by atoms with E-state index >= 15 is 0 Å². The third kappa shape index (κ3) is 3.23. The first-order chi connectivity index (χ1) is 8.97.